The van der Waals surface area contributed by atoms with Gasteiger partial charge in [-0.25, -0.2) is 4.79 Å². The van der Waals surface area contributed by atoms with Crippen LogP contribution in [0.2, 0.25) is 0 Å². The number of ether oxygens (including phenoxy) is 1. The normalized spacial score (nSPS) is 17.4. The number of nitrogens with one attached hydrogen (secondary N) is 1. The number of piperidine rings is 1. The van der Waals surface area contributed by atoms with Crippen molar-refractivity contribution in [1.82, 2.24) is 4.90 Å². The maximum atomic E-state index is 12.4. The number of hydrogen-bond acceptors (Lipinski definition) is 5. The van der Waals surface area contributed by atoms with E-state index < -0.39 is 5.60 Å². The molecule has 5 nitrogen and oxygen atoms in total. The number of likely N-dealkylation sites (tertiary alicyclic amines) is 1. The van der Waals surface area contributed by atoms with Crippen molar-refractivity contribution in [3.63, 3.8) is 0 Å². The first kappa shape index (κ1) is 21.9. The summed E-state index contributed by atoms with van der Waals surface area (Å²) in [5.74, 6) is 0. The molecule has 0 unspecified atom stereocenters. The van der Waals surface area contributed by atoms with Gasteiger partial charge in [0.05, 0.1) is 5.71 Å². The van der Waals surface area contributed by atoms with E-state index in [2.05, 4.69) is 23.1 Å². The minimum atomic E-state index is -0.447. The second-order valence-electron chi connectivity index (χ2n) is 9.59. The van der Waals surface area contributed by atoms with Crippen LogP contribution in [0.1, 0.15) is 56.0 Å². The van der Waals surface area contributed by atoms with E-state index >= 15 is 0 Å². The average molecular weight is 440 g/mol. The van der Waals surface area contributed by atoms with Crippen molar-refractivity contribution in [3.05, 3.63) is 51.7 Å². The molecular weight excluding hydrogens is 406 g/mol. The van der Waals surface area contributed by atoms with Gasteiger partial charge in [0.2, 0.25) is 0 Å². The predicted molar refractivity (Wildman–Crippen MR) is 128 cm³/mol. The van der Waals surface area contributed by atoms with Crippen LogP contribution in [-0.2, 0) is 17.6 Å². The fraction of sp³-hybridized carbons (Fsp3) is 0.520. The Kier molecular flexibility index (Phi) is 6.37. The Balaban J connectivity index is 1.40. The topological polar surface area (TPSA) is 56.6 Å². The maximum absolute atomic E-state index is 12.4. The predicted octanol–water partition coefficient (Wildman–Crippen LogP) is 5.51. The first-order valence-corrected chi connectivity index (χ1v) is 12.2. The molecule has 4 rings (SSSR count). The highest BCUT2D eigenvalue weighted by Gasteiger charge is 2.31. The molecule has 1 N–H and O–H groups in total. The third-order valence-corrected chi connectivity index (χ3v) is 6.98. The Bertz CT molecular complexity index is 925. The first-order chi connectivity index (χ1) is 14.8. The molecule has 0 bridgehead atoms. The van der Waals surface area contributed by atoms with Crippen LogP contribution in [0.4, 0.5) is 10.5 Å². The van der Waals surface area contributed by atoms with Crippen LogP contribution in [0, 0.1) is 5.41 Å². The second-order valence-corrected chi connectivity index (χ2v) is 10.5. The zero-order valence-corrected chi connectivity index (χ0v) is 19.6. The summed E-state index contributed by atoms with van der Waals surface area (Å²) in [6.45, 7) is 8.33. The van der Waals surface area contributed by atoms with Crippen molar-refractivity contribution in [2.45, 2.75) is 64.5 Å². The highest BCUT2D eigenvalue weighted by atomic mass is 32.1. The van der Waals surface area contributed by atoms with E-state index in [0.717, 1.165) is 50.2 Å². The minimum absolute atomic E-state index is 0.192. The molecule has 3 heterocycles. The summed E-state index contributed by atoms with van der Waals surface area (Å²) < 4.78 is 5.54. The highest BCUT2D eigenvalue weighted by molar-refractivity contribution is 7.12. The number of amides is 1. The third-order valence-electron chi connectivity index (χ3n) is 6.05. The Morgan fingerprint density at radius 1 is 1.19 bits per heavy atom. The van der Waals surface area contributed by atoms with Crippen LogP contribution in [0.25, 0.3) is 0 Å². The van der Waals surface area contributed by atoms with E-state index in [-0.39, 0.29) is 6.09 Å². The van der Waals surface area contributed by atoms with Gasteiger partial charge in [0.25, 0.3) is 0 Å². The number of carbonyl (C=O) groups is 1. The van der Waals surface area contributed by atoms with Gasteiger partial charge < -0.3 is 19.9 Å². The average Bonchev–Trinajstić information content (AvgIpc) is 3.27. The number of carbonyl (C=O) groups excluding carboxylic acids is 1. The first-order valence-electron chi connectivity index (χ1n) is 11.3. The fourth-order valence-electron chi connectivity index (χ4n) is 4.60. The van der Waals surface area contributed by atoms with Crippen molar-refractivity contribution in [1.29, 1.82) is 5.41 Å². The lowest BCUT2D eigenvalue weighted by molar-refractivity contribution is 0.0204. The van der Waals surface area contributed by atoms with E-state index in [9.17, 15) is 4.79 Å². The number of thiophene rings is 1. The number of benzene rings is 1. The van der Waals surface area contributed by atoms with Gasteiger partial charge in [-0.3, -0.25) is 0 Å². The quantitative estimate of drug-likeness (QED) is 0.639. The van der Waals surface area contributed by atoms with Gasteiger partial charge in [-0.15, -0.1) is 11.3 Å². The molecule has 6 heteroatoms. The Morgan fingerprint density at radius 3 is 2.65 bits per heavy atom. The van der Waals surface area contributed by atoms with Gasteiger partial charge >= 0.3 is 6.09 Å². The molecule has 0 aliphatic carbocycles. The summed E-state index contributed by atoms with van der Waals surface area (Å²) in [6.07, 6.45) is 4.70. The summed E-state index contributed by atoms with van der Waals surface area (Å²) in [6, 6.07) is 11.2. The number of hydrogen-bond donors (Lipinski definition) is 1. The third kappa shape index (κ3) is 5.29. The van der Waals surface area contributed by atoms with Crippen molar-refractivity contribution < 1.29 is 9.53 Å². The maximum Gasteiger partial charge on any atom is 0.410 e. The highest BCUT2D eigenvalue weighted by Crippen LogP contribution is 2.33. The standard InChI is InChI=1S/C25H33N3O2S/c1-25(2,3)30-24(29)27-13-10-20(11-14-27)28-12-4-6-19-16-18(8-9-22(19)28)17-21(26)23-7-5-15-31-23/h5,7-9,15-16,20,26H,4,6,10-14,17H2,1-3H3. The fourth-order valence-corrected chi connectivity index (χ4v) is 5.27. The molecule has 1 aromatic heterocycles. The van der Waals surface area contributed by atoms with Gasteiger partial charge in [0.15, 0.2) is 0 Å². The molecule has 1 saturated heterocycles. The molecule has 0 spiro atoms. The molecule has 0 saturated carbocycles. The van der Waals surface area contributed by atoms with E-state index in [1.54, 1.807) is 11.3 Å². The molecule has 2 aliphatic rings. The van der Waals surface area contributed by atoms with Crippen molar-refractivity contribution >= 4 is 28.8 Å². The lowest BCUT2D eigenvalue weighted by atomic mass is 9.93. The molecular formula is C25H33N3O2S. The Morgan fingerprint density at radius 2 is 1.97 bits per heavy atom. The Hall–Kier alpha value is -2.34. The molecule has 31 heavy (non-hydrogen) atoms. The molecule has 0 radical (unpaired) electrons. The van der Waals surface area contributed by atoms with Crippen molar-refractivity contribution in [2.24, 2.45) is 0 Å². The summed E-state index contributed by atoms with van der Waals surface area (Å²) in [5.41, 5.74) is 4.21. The van der Waals surface area contributed by atoms with E-state index in [4.69, 9.17) is 10.1 Å². The number of nitrogens with zero attached hydrogens (tertiary/aromatic N) is 2. The Labute approximate surface area is 189 Å². The van der Waals surface area contributed by atoms with Crippen LogP contribution >= 0.6 is 11.3 Å². The summed E-state index contributed by atoms with van der Waals surface area (Å²) in [5, 5.41) is 10.4. The van der Waals surface area contributed by atoms with Gasteiger partial charge in [-0.2, -0.15) is 0 Å². The number of anilines is 1. The zero-order chi connectivity index (χ0) is 22.0. The molecule has 2 aromatic rings. The van der Waals surface area contributed by atoms with Crippen LogP contribution in [-0.4, -0.2) is 48.0 Å². The molecule has 1 amide bonds. The van der Waals surface area contributed by atoms with Crippen LogP contribution < -0.4 is 4.90 Å². The van der Waals surface area contributed by atoms with E-state index in [0.29, 0.717) is 18.2 Å². The zero-order valence-electron chi connectivity index (χ0n) is 18.8. The van der Waals surface area contributed by atoms with Crippen molar-refractivity contribution in [3.8, 4) is 0 Å². The van der Waals surface area contributed by atoms with Crippen LogP contribution in [0.15, 0.2) is 35.7 Å². The van der Waals surface area contributed by atoms with Crippen LogP contribution in [0.3, 0.4) is 0 Å². The number of aryl methyl sites for hydroxylation is 1. The van der Waals surface area contributed by atoms with Gasteiger partial charge in [0.1, 0.15) is 5.60 Å². The van der Waals surface area contributed by atoms with E-state index in [1.807, 2.05) is 43.2 Å². The largest absolute Gasteiger partial charge is 0.444 e. The second kappa shape index (κ2) is 9.03. The van der Waals surface area contributed by atoms with Gasteiger partial charge in [-0.1, -0.05) is 18.2 Å². The van der Waals surface area contributed by atoms with Gasteiger partial charge in [-0.05, 0) is 75.1 Å². The summed E-state index contributed by atoms with van der Waals surface area (Å²) >= 11 is 1.63. The molecule has 1 aromatic carbocycles. The van der Waals surface area contributed by atoms with Crippen molar-refractivity contribution in [2.75, 3.05) is 24.5 Å². The smallest absolute Gasteiger partial charge is 0.410 e. The lowest BCUT2D eigenvalue weighted by Gasteiger charge is -2.42. The van der Waals surface area contributed by atoms with Gasteiger partial charge in [0, 0.05) is 42.7 Å². The lowest BCUT2D eigenvalue weighted by Crippen LogP contribution is -2.49. The number of rotatable bonds is 4. The monoisotopic (exact) mass is 439 g/mol. The molecule has 2 aliphatic heterocycles. The molecule has 1 fully saturated rings. The van der Waals surface area contributed by atoms with E-state index in [1.165, 1.54) is 16.8 Å². The molecule has 0 atom stereocenters. The minimum Gasteiger partial charge on any atom is -0.444 e. The molecule has 166 valence electrons. The van der Waals surface area contributed by atoms with Crippen LogP contribution in [0.5, 0.6) is 0 Å². The summed E-state index contributed by atoms with van der Waals surface area (Å²) in [4.78, 5) is 17.8. The SMILES string of the molecule is CC(C)(C)OC(=O)N1CCC(N2CCCc3cc(CC(=N)c4cccs4)ccc32)CC1. The summed E-state index contributed by atoms with van der Waals surface area (Å²) in [7, 11) is 0. The number of fused-ring (bicyclic) bond motifs is 1.